The maximum Gasteiger partial charge on any atom is 0.339 e. The fourth-order valence-electron chi connectivity index (χ4n) is 4.62. The molecule has 126 valence electrons. The van der Waals surface area contributed by atoms with Crippen molar-refractivity contribution in [2.45, 2.75) is 30.9 Å². The third kappa shape index (κ3) is 1.72. The number of hydrogen-bond acceptors (Lipinski definition) is 6. The van der Waals surface area contributed by atoms with E-state index in [9.17, 15) is 4.79 Å². The molecular weight excluding hydrogens is 310 g/mol. The van der Waals surface area contributed by atoms with Gasteiger partial charge in [-0.05, 0) is 19.5 Å². The molecule has 0 saturated carbocycles. The number of methoxy groups -OCH3 is 1. The number of carbonyl (C=O) groups is 1. The molecule has 24 heavy (non-hydrogen) atoms. The fraction of sp³-hybridized carbons (Fsp3) is 0.500. The molecule has 1 aromatic carbocycles. The largest absolute Gasteiger partial charge is 0.492 e. The molecule has 3 aliphatic heterocycles. The van der Waals surface area contributed by atoms with Crippen LogP contribution in [0.15, 0.2) is 17.7 Å². The van der Waals surface area contributed by atoms with E-state index in [1.54, 1.807) is 13.2 Å². The van der Waals surface area contributed by atoms with Crippen LogP contribution in [0, 0.1) is 0 Å². The van der Waals surface area contributed by atoms with Crippen LogP contribution in [0.2, 0.25) is 0 Å². The number of rotatable bonds is 1. The van der Waals surface area contributed by atoms with Crippen molar-refractivity contribution in [2.75, 3.05) is 27.5 Å². The normalized spacial score (nSPS) is 30.2. The Balaban J connectivity index is 1.75. The van der Waals surface area contributed by atoms with Crippen molar-refractivity contribution in [1.82, 2.24) is 4.90 Å². The number of hydrogen-bond donors (Lipinski definition) is 0. The van der Waals surface area contributed by atoms with Crippen molar-refractivity contribution in [2.24, 2.45) is 0 Å². The molecule has 3 heterocycles. The molecule has 6 nitrogen and oxygen atoms in total. The lowest BCUT2D eigenvalue weighted by molar-refractivity contribution is 0.00861. The molecule has 0 aromatic heterocycles. The van der Waals surface area contributed by atoms with Crippen molar-refractivity contribution in [3.8, 4) is 17.2 Å². The van der Waals surface area contributed by atoms with Crippen molar-refractivity contribution in [3.05, 3.63) is 28.8 Å². The van der Waals surface area contributed by atoms with E-state index in [1.165, 1.54) is 5.57 Å². The third-order valence-electron chi connectivity index (χ3n) is 5.63. The summed E-state index contributed by atoms with van der Waals surface area (Å²) in [6, 6.07) is 1.98. The van der Waals surface area contributed by atoms with Gasteiger partial charge in [-0.25, -0.2) is 4.79 Å². The van der Waals surface area contributed by atoms with Gasteiger partial charge in [-0.2, -0.15) is 0 Å². The Morgan fingerprint density at radius 1 is 1.33 bits per heavy atom. The molecule has 4 aliphatic rings. The molecule has 3 atom stereocenters. The number of carbonyl (C=O) groups excluding carboxylic acids is 1. The summed E-state index contributed by atoms with van der Waals surface area (Å²) in [5.41, 5.74) is 2.88. The second-order valence-corrected chi connectivity index (χ2v) is 6.76. The summed E-state index contributed by atoms with van der Waals surface area (Å²) in [4.78, 5) is 14.9. The Morgan fingerprint density at radius 2 is 2.21 bits per heavy atom. The van der Waals surface area contributed by atoms with Crippen LogP contribution in [-0.2, 0) is 4.74 Å². The Kier molecular flexibility index (Phi) is 2.89. The molecule has 1 fully saturated rings. The van der Waals surface area contributed by atoms with E-state index in [-0.39, 0.29) is 30.8 Å². The Labute approximate surface area is 139 Å². The van der Waals surface area contributed by atoms with Crippen molar-refractivity contribution in [3.63, 3.8) is 0 Å². The highest BCUT2D eigenvalue weighted by Gasteiger charge is 2.49. The van der Waals surface area contributed by atoms with E-state index < -0.39 is 0 Å². The lowest BCUT2D eigenvalue weighted by atomic mass is 9.74. The second-order valence-electron chi connectivity index (χ2n) is 6.76. The lowest BCUT2D eigenvalue weighted by Gasteiger charge is -2.42. The van der Waals surface area contributed by atoms with Gasteiger partial charge in [-0.3, -0.25) is 4.90 Å². The summed E-state index contributed by atoms with van der Waals surface area (Å²) in [7, 11) is 3.74. The van der Waals surface area contributed by atoms with Crippen LogP contribution in [0.3, 0.4) is 0 Å². The summed E-state index contributed by atoms with van der Waals surface area (Å²) in [5.74, 6) is 1.53. The fourth-order valence-corrected chi connectivity index (χ4v) is 4.62. The van der Waals surface area contributed by atoms with E-state index in [0.717, 1.165) is 24.9 Å². The summed E-state index contributed by atoms with van der Waals surface area (Å²) in [6.45, 7) is 1.17. The summed E-state index contributed by atoms with van der Waals surface area (Å²) in [5, 5.41) is 0. The van der Waals surface area contributed by atoms with Crippen LogP contribution in [0.25, 0.3) is 0 Å². The molecule has 0 spiro atoms. The third-order valence-corrected chi connectivity index (χ3v) is 5.63. The van der Waals surface area contributed by atoms with E-state index in [0.29, 0.717) is 22.8 Å². The van der Waals surface area contributed by atoms with Crippen LogP contribution in [0.1, 0.15) is 34.7 Å². The first kappa shape index (κ1) is 14.2. The van der Waals surface area contributed by atoms with Gasteiger partial charge in [0.1, 0.15) is 6.10 Å². The lowest BCUT2D eigenvalue weighted by Crippen LogP contribution is -2.45. The molecule has 0 N–H and O–H groups in total. The molecule has 6 heteroatoms. The zero-order valence-corrected chi connectivity index (χ0v) is 13.7. The van der Waals surface area contributed by atoms with E-state index >= 15 is 0 Å². The Bertz CT molecular complexity index is 771. The quantitative estimate of drug-likeness (QED) is 0.581. The minimum absolute atomic E-state index is 0.0645. The van der Waals surface area contributed by atoms with Gasteiger partial charge in [0.05, 0.1) is 12.7 Å². The summed E-state index contributed by atoms with van der Waals surface area (Å²) in [6.07, 6.45) is 3.91. The number of likely N-dealkylation sites (tertiary alicyclic amines) is 1. The van der Waals surface area contributed by atoms with Gasteiger partial charge in [0.15, 0.2) is 11.5 Å². The predicted molar refractivity (Wildman–Crippen MR) is 84.8 cm³/mol. The van der Waals surface area contributed by atoms with Gasteiger partial charge in [0.25, 0.3) is 0 Å². The first-order valence-electron chi connectivity index (χ1n) is 8.29. The first-order valence-corrected chi connectivity index (χ1v) is 8.29. The topological polar surface area (TPSA) is 57.2 Å². The van der Waals surface area contributed by atoms with Gasteiger partial charge < -0.3 is 18.9 Å². The van der Waals surface area contributed by atoms with Crippen LogP contribution in [0.4, 0.5) is 0 Å². The number of benzene rings is 1. The van der Waals surface area contributed by atoms with Crippen LogP contribution in [-0.4, -0.2) is 50.5 Å². The molecule has 0 unspecified atom stereocenters. The molecule has 1 saturated heterocycles. The maximum absolute atomic E-state index is 12.6. The first-order chi connectivity index (χ1) is 11.7. The summed E-state index contributed by atoms with van der Waals surface area (Å²) >= 11 is 0. The minimum Gasteiger partial charge on any atom is -0.492 e. The number of esters is 1. The average Bonchev–Trinajstić information content (AvgIpc) is 3.20. The Hall–Kier alpha value is -2.21. The number of likely N-dealkylation sites (N-methyl/N-ethyl adjacent to an activating group) is 1. The van der Waals surface area contributed by atoms with Crippen LogP contribution >= 0.6 is 0 Å². The predicted octanol–water partition coefficient (Wildman–Crippen LogP) is 2.08. The SMILES string of the molecule is COc1c2c(cc3c1[C@@H]1[C@H](CC=C4CCN(C)[C@H]41)OC3=O)OCO2. The van der Waals surface area contributed by atoms with Crippen molar-refractivity contribution < 1.29 is 23.7 Å². The zero-order valence-electron chi connectivity index (χ0n) is 13.7. The van der Waals surface area contributed by atoms with Crippen LogP contribution < -0.4 is 14.2 Å². The van der Waals surface area contributed by atoms with Crippen LogP contribution in [0.5, 0.6) is 17.2 Å². The molecule has 0 amide bonds. The highest BCUT2D eigenvalue weighted by molar-refractivity contribution is 5.95. The smallest absolute Gasteiger partial charge is 0.339 e. The standard InChI is InChI=1S/C18H19NO5/c1-19-6-5-9-3-4-11-14(15(9)19)13-10(18(20)24-11)7-12-16(17(13)21-2)23-8-22-12/h3,7,11,14-15H,4-6,8H2,1-2H3/t11-,14-,15+/m0/s1. The monoisotopic (exact) mass is 329 g/mol. The number of ether oxygens (including phenoxy) is 4. The molecule has 5 rings (SSSR count). The molecule has 1 aliphatic carbocycles. The van der Waals surface area contributed by atoms with Gasteiger partial charge in [0.2, 0.25) is 12.5 Å². The molecule has 0 radical (unpaired) electrons. The number of nitrogens with zero attached hydrogens (tertiary/aromatic N) is 1. The Morgan fingerprint density at radius 3 is 3.04 bits per heavy atom. The van der Waals surface area contributed by atoms with E-state index in [2.05, 4.69) is 18.0 Å². The van der Waals surface area contributed by atoms with Crippen molar-refractivity contribution in [1.29, 1.82) is 0 Å². The zero-order chi connectivity index (χ0) is 16.4. The summed E-state index contributed by atoms with van der Waals surface area (Å²) < 4.78 is 22.5. The van der Waals surface area contributed by atoms with Crippen molar-refractivity contribution >= 4 is 5.97 Å². The van der Waals surface area contributed by atoms with Gasteiger partial charge in [-0.1, -0.05) is 11.6 Å². The van der Waals surface area contributed by atoms with Gasteiger partial charge in [-0.15, -0.1) is 0 Å². The van der Waals surface area contributed by atoms with Gasteiger partial charge in [0, 0.05) is 30.5 Å². The maximum atomic E-state index is 12.6. The minimum atomic E-state index is -0.305. The molecule has 0 bridgehead atoms. The molecule has 1 aromatic rings. The second kappa shape index (κ2) is 4.89. The molecular formula is C18H19NO5. The number of fused-ring (bicyclic) bond motifs is 6. The highest BCUT2D eigenvalue weighted by Crippen LogP contribution is 2.54. The van der Waals surface area contributed by atoms with Gasteiger partial charge >= 0.3 is 5.97 Å². The average molecular weight is 329 g/mol. The van der Waals surface area contributed by atoms with E-state index in [1.807, 2.05) is 0 Å². The van der Waals surface area contributed by atoms with E-state index in [4.69, 9.17) is 18.9 Å². The highest BCUT2D eigenvalue weighted by atomic mass is 16.7.